The molecule has 3 heteroatoms. The smallest absolute Gasteiger partial charge is 0.0597 e. The van der Waals surface area contributed by atoms with Crippen LogP contribution < -0.4 is 5.73 Å². The highest BCUT2D eigenvalue weighted by molar-refractivity contribution is 4.96. The first kappa shape index (κ1) is 16.9. The van der Waals surface area contributed by atoms with Crippen molar-refractivity contribution >= 4 is 0 Å². The van der Waals surface area contributed by atoms with E-state index < -0.39 is 0 Å². The summed E-state index contributed by atoms with van der Waals surface area (Å²) in [7, 11) is 2.22. The van der Waals surface area contributed by atoms with Crippen molar-refractivity contribution in [2.75, 3.05) is 26.7 Å². The maximum absolute atomic E-state index is 6.15. The lowest BCUT2D eigenvalue weighted by Gasteiger charge is -2.47. The Morgan fingerprint density at radius 1 is 1.32 bits per heavy atom. The number of hydrogen-bond donors (Lipinski definition) is 1. The molecule has 0 spiro atoms. The minimum absolute atomic E-state index is 0.202. The number of hydrogen-bond acceptors (Lipinski definition) is 3. The summed E-state index contributed by atoms with van der Waals surface area (Å²) in [6.07, 6.45) is 5.49. The Morgan fingerprint density at radius 3 is 2.53 bits per heavy atom. The number of likely N-dealkylation sites (N-methyl/N-ethyl adjacent to an activating group) is 1. The van der Waals surface area contributed by atoms with Crippen LogP contribution in [0.25, 0.3) is 0 Å². The molecular formula is C16H34N2O. The van der Waals surface area contributed by atoms with Gasteiger partial charge in [0.25, 0.3) is 0 Å². The summed E-state index contributed by atoms with van der Waals surface area (Å²) in [5, 5.41) is 0. The summed E-state index contributed by atoms with van der Waals surface area (Å²) in [6, 6.07) is 0. The fraction of sp³-hybridized carbons (Fsp3) is 1.00. The zero-order chi connectivity index (χ0) is 14.5. The number of rotatable bonds is 7. The SMILES string of the molecule is CC(C)OCCN(C)C1(CN)CCCC(C(C)C)C1. The second kappa shape index (κ2) is 7.61. The van der Waals surface area contributed by atoms with Crippen molar-refractivity contribution in [2.45, 2.75) is 65.0 Å². The van der Waals surface area contributed by atoms with Crippen molar-refractivity contribution in [3.63, 3.8) is 0 Å². The van der Waals surface area contributed by atoms with Crippen molar-refractivity contribution in [2.24, 2.45) is 17.6 Å². The Morgan fingerprint density at radius 2 is 2.00 bits per heavy atom. The Bertz CT molecular complexity index is 255. The van der Waals surface area contributed by atoms with Crippen LogP contribution in [-0.4, -0.2) is 43.3 Å². The number of nitrogens with zero attached hydrogens (tertiary/aromatic N) is 1. The van der Waals surface area contributed by atoms with Gasteiger partial charge in [-0.05, 0) is 45.6 Å². The van der Waals surface area contributed by atoms with E-state index in [2.05, 4.69) is 39.6 Å². The van der Waals surface area contributed by atoms with E-state index in [0.29, 0.717) is 6.10 Å². The van der Waals surface area contributed by atoms with Gasteiger partial charge in [0, 0.05) is 18.6 Å². The predicted molar refractivity (Wildman–Crippen MR) is 82.3 cm³/mol. The van der Waals surface area contributed by atoms with Crippen molar-refractivity contribution < 1.29 is 4.74 Å². The standard InChI is InChI=1S/C16H34N2O/c1-13(2)15-7-6-8-16(11-15,12-17)18(5)9-10-19-14(3)4/h13-15H,6-12,17H2,1-5H3. The molecule has 0 amide bonds. The largest absolute Gasteiger partial charge is 0.377 e. The van der Waals surface area contributed by atoms with Gasteiger partial charge in [-0.25, -0.2) is 0 Å². The summed E-state index contributed by atoms with van der Waals surface area (Å²) in [5.74, 6) is 1.59. The van der Waals surface area contributed by atoms with Gasteiger partial charge in [0.1, 0.15) is 0 Å². The topological polar surface area (TPSA) is 38.5 Å². The highest BCUT2D eigenvalue weighted by atomic mass is 16.5. The summed E-state index contributed by atoms with van der Waals surface area (Å²) in [6.45, 7) is 11.4. The lowest BCUT2D eigenvalue weighted by atomic mass is 9.71. The Labute approximate surface area is 119 Å². The third kappa shape index (κ3) is 4.73. The normalized spacial score (nSPS) is 28.6. The van der Waals surface area contributed by atoms with E-state index in [-0.39, 0.29) is 5.54 Å². The maximum atomic E-state index is 6.15. The van der Waals surface area contributed by atoms with Gasteiger partial charge in [-0.1, -0.05) is 26.7 Å². The van der Waals surface area contributed by atoms with Gasteiger partial charge in [-0.3, -0.25) is 4.90 Å². The average Bonchev–Trinajstić information content (AvgIpc) is 2.38. The first-order valence-electron chi connectivity index (χ1n) is 7.94. The molecule has 2 unspecified atom stereocenters. The van der Waals surface area contributed by atoms with Gasteiger partial charge in [0.2, 0.25) is 0 Å². The Balaban J connectivity index is 2.57. The van der Waals surface area contributed by atoms with E-state index in [4.69, 9.17) is 10.5 Å². The third-order valence-electron chi connectivity index (χ3n) is 4.87. The fourth-order valence-electron chi connectivity index (χ4n) is 3.30. The second-order valence-electron chi connectivity index (χ2n) is 6.87. The maximum Gasteiger partial charge on any atom is 0.0597 e. The van der Waals surface area contributed by atoms with Gasteiger partial charge >= 0.3 is 0 Å². The lowest BCUT2D eigenvalue weighted by Crippen LogP contribution is -2.56. The first-order chi connectivity index (χ1) is 8.91. The minimum Gasteiger partial charge on any atom is -0.377 e. The monoisotopic (exact) mass is 270 g/mol. The van der Waals surface area contributed by atoms with Crippen LogP contribution in [0.2, 0.25) is 0 Å². The molecule has 0 saturated heterocycles. The predicted octanol–water partition coefficient (Wildman–Crippen LogP) is 2.89. The van der Waals surface area contributed by atoms with Crippen molar-refractivity contribution in [3.05, 3.63) is 0 Å². The third-order valence-corrected chi connectivity index (χ3v) is 4.87. The van der Waals surface area contributed by atoms with Crippen LogP contribution in [-0.2, 0) is 4.74 Å². The van der Waals surface area contributed by atoms with E-state index >= 15 is 0 Å². The van der Waals surface area contributed by atoms with E-state index in [0.717, 1.165) is 31.5 Å². The Kier molecular flexibility index (Phi) is 6.78. The van der Waals surface area contributed by atoms with Crippen molar-refractivity contribution in [1.82, 2.24) is 4.90 Å². The van der Waals surface area contributed by atoms with E-state index in [1.807, 2.05) is 0 Å². The molecule has 3 nitrogen and oxygen atoms in total. The summed E-state index contributed by atoms with van der Waals surface area (Å²) in [5.41, 5.74) is 6.35. The molecule has 0 heterocycles. The highest BCUT2D eigenvalue weighted by Gasteiger charge is 2.39. The van der Waals surface area contributed by atoms with Gasteiger partial charge in [0.05, 0.1) is 12.7 Å². The van der Waals surface area contributed by atoms with Crippen molar-refractivity contribution in [3.8, 4) is 0 Å². The van der Waals surface area contributed by atoms with Crippen LogP contribution in [0.3, 0.4) is 0 Å². The Hall–Kier alpha value is -0.120. The zero-order valence-corrected chi connectivity index (χ0v) is 13.6. The molecule has 1 saturated carbocycles. The van der Waals surface area contributed by atoms with E-state index in [9.17, 15) is 0 Å². The number of nitrogens with two attached hydrogens (primary N) is 1. The van der Waals surface area contributed by atoms with Gasteiger partial charge in [-0.15, -0.1) is 0 Å². The molecule has 0 aliphatic heterocycles. The van der Waals surface area contributed by atoms with E-state index in [1.165, 1.54) is 25.7 Å². The molecule has 1 fully saturated rings. The second-order valence-corrected chi connectivity index (χ2v) is 6.87. The van der Waals surface area contributed by atoms with Crippen LogP contribution in [0.1, 0.15) is 53.4 Å². The van der Waals surface area contributed by atoms with Crippen LogP contribution in [0.15, 0.2) is 0 Å². The molecule has 0 aromatic carbocycles. The quantitative estimate of drug-likeness (QED) is 0.773. The molecule has 19 heavy (non-hydrogen) atoms. The highest BCUT2D eigenvalue weighted by Crippen LogP contribution is 2.38. The van der Waals surface area contributed by atoms with Crippen LogP contribution >= 0.6 is 0 Å². The van der Waals surface area contributed by atoms with Crippen LogP contribution in [0.5, 0.6) is 0 Å². The van der Waals surface area contributed by atoms with Gasteiger partial charge in [-0.2, -0.15) is 0 Å². The average molecular weight is 270 g/mol. The molecule has 1 aliphatic rings. The lowest BCUT2D eigenvalue weighted by molar-refractivity contribution is 0.00639. The molecule has 114 valence electrons. The molecule has 0 aromatic rings. The molecule has 2 atom stereocenters. The molecule has 0 bridgehead atoms. The molecule has 1 rings (SSSR count). The first-order valence-corrected chi connectivity index (χ1v) is 7.94. The molecule has 2 N–H and O–H groups in total. The summed E-state index contributed by atoms with van der Waals surface area (Å²) >= 11 is 0. The molecule has 1 aliphatic carbocycles. The number of ether oxygens (including phenoxy) is 1. The molecular weight excluding hydrogens is 236 g/mol. The minimum atomic E-state index is 0.202. The van der Waals surface area contributed by atoms with Gasteiger partial charge in [0.15, 0.2) is 0 Å². The van der Waals surface area contributed by atoms with Crippen LogP contribution in [0.4, 0.5) is 0 Å². The zero-order valence-electron chi connectivity index (χ0n) is 13.6. The summed E-state index contributed by atoms with van der Waals surface area (Å²) in [4.78, 5) is 2.46. The van der Waals surface area contributed by atoms with E-state index in [1.54, 1.807) is 0 Å². The summed E-state index contributed by atoms with van der Waals surface area (Å²) < 4.78 is 5.68. The van der Waals surface area contributed by atoms with Crippen molar-refractivity contribution in [1.29, 1.82) is 0 Å². The molecule has 0 aromatic heterocycles. The molecule has 0 radical (unpaired) electrons. The van der Waals surface area contributed by atoms with Gasteiger partial charge < -0.3 is 10.5 Å². The van der Waals surface area contributed by atoms with Crippen LogP contribution in [0, 0.1) is 11.8 Å². The fourth-order valence-corrected chi connectivity index (χ4v) is 3.30.